The van der Waals surface area contributed by atoms with Gasteiger partial charge in [0.15, 0.2) is 0 Å². The predicted octanol–water partition coefficient (Wildman–Crippen LogP) is 1.46. The molecule has 8 heteroatoms. The SMILES string of the molecule is CCc1ccc(CNc2nc(NN)nc(N(C)C)n2)s1. The van der Waals surface area contributed by atoms with E-state index in [1.807, 2.05) is 14.1 Å². The molecular formula is C12H19N7S. The van der Waals surface area contributed by atoms with Gasteiger partial charge in [-0.15, -0.1) is 11.3 Å². The summed E-state index contributed by atoms with van der Waals surface area (Å²) in [5.41, 5.74) is 2.45. The molecule has 0 aliphatic carbocycles. The number of hydrogen-bond donors (Lipinski definition) is 3. The quantitative estimate of drug-likeness (QED) is 0.548. The molecule has 0 spiro atoms. The fraction of sp³-hybridized carbons (Fsp3) is 0.417. The lowest BCUT2D eigenvalue weighted by Crippen LogP contribution is -2.18. The third kappa shape index (κ3) is 3.55. The Morgan fingerprint density at radius 3 is 2.45 bits per heavy atom. The van der Waals surface area contributed by atoms with Gasteiger partial charge in [0.1, 0.15) is 0 Å². The van der Waals surface area contributed by atoms with Gasteiger partial charge in [0.25, 0.3) is 0 Å². The minimum absolute atomic E-state index is 0.339. The Morgan fingerprint density at radius 2 is 1.85 bits per heavy atom. The van der Waals surface area contributed by atoms with Crippen LogP contribution in [-0.2, 0) is 13.0 Å². The molecular weight excluding hydrogens is 274 g/mol. The van der Waals surface area contributed by atoms with Gasteiger partial charge in [-0.1, -0.05) is 6.92 Å². The molecule has 4 N–H and O–H groups in total. The van der Waals surface area contributed by atoms with Gasteiger partial charge >= 0.3 is 0 Å². The molecule has 2 aromatic heterocycles. The fourth-order valence-electron chi connectivity index (χ4n) is 1.58. The fourth-order valence-corrected chi connectivity index (χ4v) is 2.48. The van der Waals surface area contributed by atoms with Crippen LogP contribution in [0.1, 0.15) is 16.7 Å². The minimum atomic E-state index is 0.339. The lowest BCUT2D eigenvalue weighted by atomic mass is 10.4. The van der Waals surface area contributed by atoms with E-state index in [1.165, 1.54) is 9.75 Å². The summed E-state index contributed by atoms with van der Waals surface area (Å²) in [4.78, 5) is 17.1. The highest BCUT2D eigenvalue weighted by molar-refractivity contribution is 7.12. The van der Waals surface area contributed by atoms with Crippen molar-refractivity contribution in [1.29, 1.82) is 0 Å². The maximum Gasteiger partial charge on any atom is 0.243 e. The van der Waals surface area contributed by atoms with Crippen molar-refractivity contribution in [1.82, 2.24) is 15.0 Å². The van der Waals surface area contributed by atoms with Crippen molar-refractivity contribution in [3.8, 4) is 0 Å². The van der Waals surface area contributed by atoms with Crippen LogP contribution in [0, 0.1) is 0 Å². The van der Waals surface area contributed by atoms with Crippen LogP contribution in [0.15, 0.2) is 12.1 Å². The van der Waals surface area contributed by atoms with Crippen LogP contribution in [0.2, 0.25) is 0 Å². The van der Waals surface area contributed by atoms with Crippen molar-refractivity contribution in [3.63, 3.8) is 0 Å². The molecule has 0 bridgehead atoms. The average molecular weight is 293 g/mol. The van der Waals surface area contributed by atoms with Crippen molar-refractivity contribution in [3.05, 3.63) is 21.9 Å². The molecule has 0 atom stereocenters. The van der Waals surface area contributed by atoms with Crippen molar-refractivity contribution in [2.45, 2.75) is 19.9 Å². The highest BCUT2D eigenvalue weighted by atomic mass is 32.1. The third-order valence-corrected chi connectivity index (χ3v) is 3.87. The van der Waals surface area contributed by atoms with E-state index in [0.29, 0.717) is 24.4 Å². The smallest absolute Gasteiger partial charge is 0.243 e. The summed E-state index contributed by atoms with van der Waals surface area (Å²) >= 11 is 1.79. The molecule has 0 unspecified atom stereocenters. The monoisotopic (exact) mass is 293 g/mol. The van der Waals surface area contributed by atoms with Crippen molar-refractivity contribution in [2.24, 2.45) is 5.84 Å². The zero-order valence-corrected chi connectivity index (χ0v) is 12.7. The molecule has 0 fully saturated rings. The van der Waals surface area contributed by atoms with Gasteiger partial charge in [-0.25, -0.2) is 5.84 Å². The molecule has 0 saturated heterocycles. The molecule has 0 aliphatic heterocycles. The zero-order valence-electron chi connectivity index (χ0n) is 11.8. The number of nitrogens with one attached hydrogen (secondary N) is 2. The Kier molecular flexibility index (Phi) is 4.70. The first-order valence-corrected chi connectivity index (χ1v) is 7.15. The number of aromatic nitrogens is 3. The number of nitrogens with zero attached hydrogens (tertiary/aromatic N) is 4. The van der Waals surface area contributed by atoms with Gasteiger partial charge in [-0.05, 0) is 18.6 Å². The molecule has 7 nitrogen and oxygen atoms in total. The molecule has 0 aromatic carbocycles. The Morgan fingerprint density at radius 1 is 1.15 bits per heavy atom. The summed E-state index contributed by atoms with van der Waals surface area (Å²) in [5, 5.41) is 3.19. The second kappa shape index (κ2) is 6.49. The number of aryl methyl sites for hydroxylation is 1. The maximum absolute atomic E-state index is 5.37. The second-order valence-electron chi connectivity index (χ2n) is 4.40. The highest BCUT2D eigenvalue weighted by Gasteiger charge is 2.07. The lowest BCUT2D eigenvalue weighted by Gasteiger charge is -2.12. The molecule has 0 amide bonds. The minimum Gasteiger partial charge on any atom is -0.349 e. The highest BCUT2D eigenvalue weighted by Crippen LogP contribution is 2.18. The van der Waals surface area contributed by atoms with Gasteiger partial charge in [-0.2, -0.15) is 15.0 Å². The summed E-state index contributed by atoms with van der Waals surface area (Å²) in [6.07, 6.45) is 1.06. The summed E-state index contributed by atoms with van der Waals surface area (Å²) in [5.74, 6) is 6.76. The van der Waals surface area contributed by atoms with Crippen LogP contribution in [-0.4, -0.2) is 29.0 Å². The largest absolute Gasteiger partial charge is 0.349 e. The summed E-state index contributed by atoms with van der Waals surface area (Å²) in [6, 6.07) is 4.26. The van der Waals surface area contributed by atoms with E-state index in [0.717, 1.165) is 6.42 Å². The predicted molar refractivity (Wildman–Crippen MR) is 83.0 cm³/mol. The first-order valence-electron chi connectivity index (χ1n) is 6.34. The molecule has 0 saturated carbocycles. The molecule has 0 radical (unpaired) electrons. The van der Waals surface area contributed by atoms with Gasteiger partial charge in [0, 0.05) is 23.8 Å². The number of nitrogen functional groups attached to an aromatic ring is 1. The number of hydrogen-bond acceptors (Lipinski definition) is 8. The van der Waals surface area contributed by atoms with Crippen LogP contribution >= 0.6 is 11.3 Å². The molecule has 2 aromatic rings. The number of anilines is 3. The summed E-state index contributed by atoms with van der Waals surface area (Å²) in [7, 11) is 3.73. The first-order chi connectivity index (χ1) is 9.62. The van der Waals surface area contributed by atoms with E-state index in [1.54, 1.807) is 16.2 Å². The van der Waals surface area contributed by atoms with Crippen molar-refractivity contribution >= 4 is 29.2 Å². The Labute approximate surface area is 122 Å². The maximum atomic E-state index is 5.37. The topological polar surface area (TPSA) is 92.0 Å². The first kappa shape index (κ1) is 14.5. The van der Waals surface area contributed by atoms with E-state index < -0.39 is 0 Å². The van der Waals surface area contributed by atoms with Crippen LogP contribution in [0.25, 0.3) is 0 Å². The molecule has 0 aliphatic rings. The Hall–Kier alpha value is -1.93. The Bertz CT molecular complexity index is 567. The van der Waals surface area contributed by atoms with Gasteiger partial charge in [0.2, 0.25) is 17.8 Å². The molecule has 108 valence electrons. The number of rotatable bonds is 6. The van der Waals surface area contributed by atoms with E-state index in [4.69, 9.17) is 5.84 Å². The van der Waals surface area contributed by atoms with Crippen molar-refractivity contribution in [2.75, 3.05) is 29.7 Å². The van der Waals surface area contributed by atoms with E-state index >= 15 is 0 Å². The number of nitrogens with two attached hydrogens (primary N) is 1. The van der Waals surface area contributed by atoms with Crippen molar-refractivity contribution < 1.29 is 0 Å². The summed E-state index contributed by atoms with van der Waals surface area (Å²) < 4.78 is 0. The van der Waals surface area contributed by atoms with E-state index in [2.05, 4.69) is 44.8 Å². The molecule has 2 heterocycles. The zero-order chi connectivity index (χ0) is 14.5. The van der Waals surface area contributed by atoms with Crippen LogP contribution < -0.4 is 21.5 Å². The van der Waals surface area contributed by atoms with Gasteiger partial charge < -0.3 is 10.2 Å². The van der Waals surface area contributed by atoms with Gasteiger partial charge in [0.05, 0.1) is 6.54 Å². The number of hydrazine groups is 1. The third-order valence-electron chi connectivity index (χ3n) is 2.64. The number of thiophene rings is 1. The Balaban J connectivity index is 2.10. The van der Waals surface area contributed by atoms with Crippen LogP contribution in [0.4, 0.5) is 17.8 Å². The lowest BCUT2D eigenvalue weighted by molar-refractivity contribution is 0.941. The van der Waals surface area contributed by atoms with E-state index in [9.17, 15) is 0 Å². The molecule has 20 heavy (non-hydrogen) atoms. The van der Waals surface area contributed by atoms with Gasteiger partial charge in [-0.3, -0.25) is 5.43 Å². The normalized spacial score (nSPS) is 10.4. The average Bonchev–Trinajstić information content (AvgIpc) is 2.92. The second-order valence-corrected chi connectivity index (χ2v) is 5.65. The summed E-state index contributed by atoms with van der Waals surface area (Å²) in [6.45, 7) is 2.84. The van der Waals surface area contributed by atoms with E-state index in [-0.39, 0.29) is 0 Å². The van der Waals surface area contributed by atoms with Crippen LogP contribution in [0.5, 0.6) is 0 Å². The van der Waals surface area contributed by atoms with Crippen LogP contribution in [0.3, 0.4) is 0 Å². The standard InChI is InChI=1S/C12H19N7S/c1-4-8-5-6-9(20-8)7-14-10-15-11(18-13)17-12(16-10)19(2)3/h5-6H,4,7,13H2,1-3H3,(H2,14,15,16,17,18). The molecule has 2 rings (SSSR count).